The number of aromatic nitrogens is 1. The standard InChI is InChI=1S/C13H11BrN/c1-2-13-8-5-11(9-15-13)10-3-6-12(14)7-4-10/h3-7,9H,2H2,1H3. The van der Waals surface area contributed by atoms with E-state index >= 15 is 0 Å². The maximum absolute atomic E-state index is 4.33. The van der Waals surface area contributed by atoms with Crippen molar-refractivity contribution in [2.75, 3.05) is 0 Å². The molecular formula is C13H11BrN. The maximum atomic E-state index is 4.33. The second-order valence-corrected chi connectivity index (χ2v) is 4.23. The van der Waals surface area contributed by atoms with Gasteiger partial charge in [0, 0.05) is 28.0 Å². The van der Waals surface area contributed by atoms with Crippen molar-refractivity contribution in [3.8, 4) is 11.1 Å². The van der Waals surface area contributed by atoms with Crippen LogP contribution in [-0.4, -0.2) is 4.98 Å². The Labute approximate surface area is 98.3 Å². The van der Waals surface area contributed by atoms with Crippen LogP contribution in [0.25, 0.3) is 11.1 Å². The average molecular weight is 261 g/mol. The number of benzene rings is 1. The topological polar surface area (TPSA) is 12.9 Å². The lowest BCUT2D eigenvalue weighted by Gasteiger charge is -2.02. The molecule has 15 heavy (non-hydrogen) atoms. The maximum Gasteiger partial charge on any atom is 0.0480 e. The molecule has 0 N–H and O–H groups in total. The normalized spacial score (nSPS) is 10.3. The monoisotopic (exact) mass is 260 g/mol. The Bertz CT molecular complexity index is 431. The van der Waals surface area contributed by atoms with Crippen molar-refractivity contribution < 1.29 is 0 Å². The van der Waals surface area contributed by atoms with Gasteiger partial charge in [-0.05, 0) is 30.2 Å². The Morgan fingerprint density at radius 3 is 2.47 bits per heavy atom. The molecule has 0 fully saturated rings. The van der Waals surface area contributed by atoms with Gasteiger partial charge in [-0.15, -0.1) is 0 Å². The molecule has 0 unspecified atom stereocenters. The predicted octanol–water partition coefficient (Wildman–Crippen LogP) is 3.87. The Morgan fingerprint density at radius 1 is 1.20 bits per heavy atom. The van der Waals surface area contributed by atoms with E-state index in [1.165, 1.54) is 5.56 Å². The van der Waals surface area contributed by atoms with Crippen molar-refractivity contribution in [3.63, 3.8) is 0 Å². The van der Waals surface area contributed by atoms with Crippen molar-refractivity contribution in [1.82, 2.24) is 4.98 Å². The van der Waals surface area contributed by atoms with Crippen LogP contribution in [-0.2, 0) is 6.42 Å². The van der Waals surface area contributed by atoms with Crippen LogP contribution in [0.3, 0.4) is 0 Å². The fourth-order valence-electron chi connectivity index (χ4n) is 1.38. The molecule has 0 saturated carbocycles. The minimum atomic E-state index is 0.931. The number of pyridine rings is 1. The lowest BCUT2D eigenvalue weighted by molar-refractivity contribution is 1.03. The summed E-state index contributed by atoms with van der Waals surface area (Å²) in [6, 6.07) is 13.4. The molecule has 1 heterocycles. The summed E-state index contributed by atoms with van der Waals surface area (Å²) in [6.45, 7) is 2.08. The summed E-state index contributed by atoms with van der Waals surface area (Å²) in [7, 11) is 0. The van der Waals surface area contributed by atoms with E-state index < -0.39 is 0 Å². The fourth-order valence-corrected chi connectivity index (χ4v) is 1.64. The quantitative estimate of drug-likeness (QED) is 0.799. The third kappa shape index (κ3) is 2.45. The van der Waals surface area contributed by atoms with E-state index in [4.69, 9.17) is 0 Å². The molecular weight excluding hydrogens is 250 g/mol. The molecule has 2 aromatic rings. The molecule has 75 valence electrons. The van der Waals surface area contributed by atoms with Crippen LogP contribution in [0, 0.1) is 6.07 Å². The summed E-state index contributed by atoms with van der Waals surface area (Å²) in [5, 5.41) is 0. The van der Waals surface area contributed by atoms with E-state index in [0.29, 0.717) is 0 Å². The van der Waals surface area contributed by atoms with Gasteiger partial charge in [-0.1, -0.05) is 35.0 Å². The van der Waals surface area contributed by atoms with E-state index in [1.807, 2.05) is 24.4 Å². The number of aryl methyl sites for hydroxylation is 1. The van der Waals surface area contributed by atoms with Crippen LogP contribution in [0.2, 0.25) is 0 Å². The van der Waals surface area contributed by atoms with Crippen LogP contribution < -0.4 is 0 Å². The van der Waals surface area contributed by atoms with Gasteiger partial charge >= 0.3 is 0 Å². The SMILES string of the molecule is CCc1[c]cc(-c2ccc(Br)cc2)cn1. The van der Waals surface area contributed by atoms with Crippen LogP contribution in [0.4, 0.5) is 0 Å². The largest absolute Gasteiger partial charge is 0.260 e. The van der Waals surface area contributed by atoms with Gasteiger partial charge in [-0.2, -0.15) is 0 Å². The molecule has 2 heteroatoms. The number of hydrogen-bond acceptors (Lipinski definition) is 1. The molecule has 1 aromatic heterocycles. The van der Waals surface area contributed by atoms with Crippen molar-refractivity contribution in [3.05, 3.63) is 52.8 Å². The predicted molar refractivity (Wildman–Crippen MR) is 65.6 cm³/mol. The fraction of sp³-hybridized carbons (Fsp3) is 0.154. The Morgan fingerprint density at radius 2 is 1.93 bits per heavy atom. The van der Waals surface area contributed by atoms with Gasteiger partial charge in [0.1, 0.15) is 0 Å². The minimum Gasteiger partial charge on any atom is -0.260 e. The van der Waals surface area contributed by atoms with Gasteiger partial charge in [0.2, 0.25) is 0 Å². The molecule has 1 radical (unpaired) electrons. The zero-order valence-electron chi connectivity index (χ0n) is 8.50. The van der Waals surface area contributed by atoms with Crippen molar-refractivity contribution in [2.24, 2.45) is 0 Å². The van der Waals surface area contributed by atoms with Crippen molar-refractivity contribution in [2.45, 2.75) is 13.3 Å². The van der Waals surface area contributed by atoms with Crippen molar-refractivity contribution >= 4 is 15.9 Å². The Kier molecular flexibility index (Phi) is 3.17. The summed E-state index contributed by atoms with van der Waals surface area (Å²) < 4.78 is 1.09. The lowest BCUT2D eigenvalue weighted by atomic mass is 10.1. The molecule has 0 amide bonds. The van der Waals surface area contributed by atoms with Gasteiger partial charge in [0.25, 0.3) is 0 Å². The van der Waals surface area contributed by atoms with Gasteiger partial charge in [0.05, 0.1) is 0 Å². The minimum absolute atomic E-state index is 0.931. The molecule has 1 nitrogen and oxygen atoms in total. The molecule has 0 saturated heterocycles. The third-order valence-electron chi connectivity index (χ3n) is 2.27. The second kappa shape index (κ2) is 4.58. The van der Waals surface area contributed by atoms with Crippen molar-refractivity contribution in [1.29, 1.82) is 0 Å². The van der Waals surface area contributed by atoms with Gasteiger partial charge in [0.15, 0.2) is 0 Å². The summed E-state index contributed by atoms with van der Waals surface area (Å²) in [5.74, 6) is 0. The molecule has 2 rings (SSSR count). The van der Waals surface area contributed by atoms with E-state index in [2.05, 4.69) is 46.0 Å². The number of rotatable bonds is 2. The summed E-state index contributed by atoms with van der Waals surface area (Å²) >= 11 is 3.42. The number of nitrogens with zero attached hydrogens (tertiary/aromatic N) is 1. The average Bonchev–Trinajstić information content (AvgIpc) is 2.30. The highest BCUT2D eigenvalue weighted by Crippen LogP contribution is 2.20. The summed E-state index contributed by atoms with van der Waals surface area (Å²) in [5.41, 5.74) is 3.29. The zero-order valence-corrected chi connectivity index (χ0v) is 10.1. The lowest BCUT2D eigenvalue weighted by Crippen LogP contribution is -1.87. The molecule has 0 aliphatic heterocycles. The number of halogens is 1. The van der Waals surface area contributed by atoms with E-state index in [-0.39, 0.29) is 0 Å². The molecule has 0 aliphatic rings. The first-order valence-corrected chi connectivity index (χ1v) is 5.71. The Balaban J connectivity index is 2.33. The van der Waals surface area contributed by atoms with Gasteiger partial charge in [-0.3, -0.25) is 4.98 Å². The van der Waals surface area contributed by atoms with E-state index in [9.17, 15) is 0 Å². The number of hydrogen-bond donors (Lipinski definition) is 0. The summed E-state index contributed by atoms with van der Waals surface area (Å²) in [6.07, 6.45) is 2.83. The highest BCUT2D eigenvalue weighted by Gasteiger charge is 1.98. The zero-order chi connectivity index (χ0) is 10.7. The first kappa shape index (κ1) is 10.4. The Hall–Kier alpha value is -1.15. The molecule has 0 spiro atoms. The second-order valence-electron chi connectivity index (χ2n) is 3.31. The van der Waals surface area contributed by atoms with E-state index in [0.717, 1.165) is 22.2 Å². The van der Waals surface area contributed by atoms with Crippen LogP contribution in [0.5, 0.6) is 0 Å². The first-order valence-electron chi connectivity index (χ1n) is 4.92. The molecule has 0 aliphatic carbocycles. The van der Waals surface area contributed by atoms with Crippen LogP contribution >= 0.6 is 15.9 Å². The smallest absolute Gasteiger partial charge is 0.0480 e. The molecule has 0 atom stereocenters. The third-order valence-corrected chi connectivity index (χ3v) is 2.79. The molecule has 0 bridgehead atoms. The summed E-state index contributed by atoms with van der Waals surface area (Å²) in [4.78, 5) is 4.33. The van der Waals surface area contributed by atoms with Crippen LogP contribution in [0.1, 0.15) is 12.6 Å². The van der Waals surface area contributed by atoms with Crippen LogP contribution in [0.15, 0.2) is 41.0 Å². The van der Waals surface area contributed by atoms with Gasteiger partial charge < -0.3 is 0 Å². The highest BCUT2D eigenvalue weighted by atomic mass is 79.9. The van der Waals surface area contributed by atoms with E-state index in [1.54, 1.807) is 0 Å². The molecule has 1 aromatic carbocycles. The first-order chi connectivity index (χ1) is 7.29. The van der Waals surface area contributed by atoms with Gasteiger partial charge in [-0.25, -0.2) is 0 Å². The highest BCUT2D eigenvalue weighted by molar-refractivity contribution is 9.10.